The second-order valence-electron chi connectivity index (χ2n) is 5.11. The average molecular weight is 339 g/mol. The lowest BCUT2D eigenvalue weighted by Crippen LogP contribution is -2.13. The lowest BCUT2D eigenvalue weighted by atomic mass is 10.2. The number of hydrogen-bond donors (Lipinski definition) is 2. The summed E-state index contributed by atoms with van der Waals surface area (Å²) in [5.41, 5.74) is 2.82. The van der Waals surface area contributed by atoms with Crippen LogP contribution < -0.4 is 10.6 Å². The number of aromatic nitrogens is 2. The van der Waals surface area contributed by atoms with Crippen molar-refractivity contribution in [2.45, 2.75) is 6.54 Å². The molecule has 5 nitrogen and oxygen atoms in total. The molecule has 0 atom stereocenters. The van der Waals surface area contributed by atoms with Gasteiger partial charge in [-0.15, -0.1) is 0 Å². The summed E-state index contributed by atoms with van der Waals surface area (Å²) in [6, 6.07) is 12.7. The van der Waals surface area contributed by atoms with Gasteiger partial charge in [0.05, 0.1) is 22.0 Å². The van der Waals surface area contributed by atoms with Crippen LogP contribution in [0, 0.1) is 0 Å². The average Bonchev–Trinajstić information content (AvgIpc) is 2.63. The number of para-hydroxylation sites is 1. The predicted octanol–water partition coefficient (Wildman–Crippen LogP) is 3.99. The van der Waals surface area contributed by atoms with Crippen molar-refractivity contribution in [1.82, 2.24) is 9.97 Å². The van der Waals surface area contributed by atoms with Crippen LogP contribution in [0.4, 0.5) is 11.4 Å². The number of anilines is 2. The molecule has 2 N–H and O–H groups in total. The van der Waals surface area contributed by atoms with Gasteiger partial charge in [0.15, 0.2) is 0 Å². The molecule has 0 spiro atoms. The van der Waals surface area contributed by atoms with E-state index in [4.69, 9.17) is 11.6 Å². The molecule has 120 valence electrons. The normalized spacial score (nSPS) is 10.2. The van der Waals surface area contributed by atoms with Crippen molar-refractivity contribution < 1.29 is 4.79 Å². The van der Waals surface area contributed by atoms with E-state index < -0.39 is 0 Å². The molecule has 0 saturated carbocycles. The molecular formula is C18H15ClN4O. The van der Waals surface area contributed by atoms with E-state index in [9.17, 15) is 4.79 Å². The molecule has 3 aromatic rings. The zero-order valence-corrected chi connectivity index (χ0v) is 13.5. The molecule has 24 heavy (non-hydrogen) atoms. The van der Waals surface area contributed by atoms with Crippen molar-refractivity contribution >= 4 is 28.9 Å². The van der Waals surface area contributed by atoms with Crippen LogP contribution in [-0.4, -0.2) is 15.9 Å². The number of rotatable bonds is 5. The van der Waals surface area contributed by atoms with Crippen LogP contribution in [0.2, 0.25) is 5.02 Å². The number of benzene rings is 1. The fourth-order valence-corrected chi connectivity index (χ4v) is 2.31. The van der Waals surface area contributed by atoms with Gasteiger partial charge in [-0.05, 0) is 29.8 Å². The lowest BCUT2D eigenvalue weighted by Gasteiger charge is -2.09. The number of pyridine rings is 2. The zero-order chi connectivity index (χ0) is 16.8. The summed E-state index contributed by atoms with van der Waals surface area (Å²) >= 11 is 6.06. The molecule has 0 bridgehead atoms. The van der Waals surface area contributed by atoms with Gasteiger partial charge < -0.3 is 10.6 Å². The maximum absolute atomic E-state index is 12.3. The Morgan fingerprint density at radius 2 is 1.92 bits per heavy atom. The molecule has 1 aromatic carbocycles. The highest BCUT2D eigenvalue weighted by atomic mass is 35.5. The first kappa shape index (κ1) is 16.0. The molecule has 0 saturated heterocycles. The number of amides is 1. The monoisotopic (exact) mass is 338 g/mol. The largest absolute Gasteiger partial charge is 0.380 e. The Balaban J connectivity index is 1.68. The molecule has 0 aliphatic rings. The summed E-state index contributed by atoms with van der Waals surface area (Å²) in [4.78, 5) is 20.5. The zero-order valence-electron chi connectivity index (χ0n) is 12.7. The van der Waals surface area contributed by atoms with E-state index in [0.717, 1.165) is 11.3 Å². The molecule has 6 heteroatoms. The van der Waals surface area contributed by atoms with Crippen LogP contribution in [0.1, 0.15) is 15.9 Å². The molecular weight excluding hydrogens is 324 g/mol. The SMILES string of the molecule is O=C(Nc1ccccc1Cl)c1cncc(NCc2cccnc2)c1. The number of carbonyl (C=O) groups is 1. The number of nitrogens with zero attached hydrogens (tertiary/aromatic N) is 2. The second kappa shape index (κ2) is 7.57. The quantitative estimate of drug-likeness (QED) is 0.738. The van der Waals surface area contributed by atoms with Crippen molar-refractivity contribution in [2.24, 2.45) is 0 Å². The lowest BCUT2D eigenvalue weighted by molar-refractivity contribution is 0.102. The number of halogens is 1. The Kier molecular flexibility index (Phi) is 5.03. The highest BCUT2D eigenvalue weighted by Gasteiger charge is 2.09. The molecule has 0 aliphatic heterocycles. The molecule has 0 unspecified atom stereocenters. The Morgan fingerprint density at radius 3 is 2.71 bits per heavy atom. The maximum atomic E-state index is 12.3. The first-order chi connectivity index (χ1) is 11.7. The van der Waals surface area contributed by atoms with Crippen LogP contribution in [0.3, 0.4) is 0 Å². The fraction of sp³-hybridized carbons (Fsp3) is 0.0556. The van der Waals surface area contributed by atoms with Gasteiger partial charge in [-0.2, -0.15) is 0 Å². The van der Waals surface area contributed by atoms with Gasteiger partial charge in [0.2, 0.25) is 0 Å². The van der Waals surface area contributed by atoms with Crippen molar-refractivity contribution in [1.29, 1.82) is 0 Å². The summed E-state index contributed by atoms with van der Waals surface area (Å²) in [5.74, 6) is -0.263. The molecule has 0 radical (unpaired) electrons. The van der Waals surface area contributed by atoms with E-state index in [1.165, 1.54) is 6.20 Å². The van der Waals surface area contributed by atoms with Gasteiger partial charge in [-0.25, -0.2) is 0 Å². The molecule has 2 heterocycles. The van der Waals surface area contributed by atoms with E-state index in [-0.39, 0.29) is 5.91 Å². The van der Waals surface area contributed by atoms with E-state index in [1.807, 2.05) is 24.3 Å². The summed E-state index contributed by atoms with van der Waals surface area (Å²) in [6.45, 7) is 0.602. The van der Waals surface area contributed by atoms with E-state index in [2.05, 4.69) is 20.6 Å². The summed E-state index contributed by atoms with van der Waals surface area (Å²) < 4.78 is 0. The number of carbonyl (C=O) groups excluding carboxylic acids is 1. The third kappa shape index (κ3) is 4.08. The second-order valence-corrected chi connectivity index (χ2v) is 5.52. The van der Waals surface area contributed by atoms with Gasteiger partial charge in [-0.3, -0.25) is 14.8 Å². The number of hydrogen-bond acceptors (Lipinski definition) is 4. The first-order valence-electron chi connectivity index (χ1n) is 7.36. The Bertz CT molecular complexity index is 839. The highest BCUT2D eigenvalue weighted by Crippen LogP contribution is 2.21. The van der Waals surface area contributed by atoms with E-state index >= 15 is 0 Å². The minimum Gasteiger partial charge on any atom is -0.380 e. The van der Waals surface area contributed by atoms with Crippen molar-refractivity contribution in [3.63, 3.8) is 0 Å². The van der Waals surface area contributed by atoms with Gasteiger partial charge in [-0.1, -0.05) is 29.8 Å². The van der Waals surface area contributed by atoms with E-state index in [0.29, 0.717) is 22.8 Å². The number of nitrogens with one attached hydrogen (secondary N) is 2. The molecule has 3 rings (SSSR count). The van der Waals surface area contributed by atoms with Crippen LogP contribution in [0.5, 0.6) is 0 Å². The van der Waals surface area contributed by atoms with Crippen LogP contribution >= 0.6 is 11.6 Å². The third-order valence-electron chi connectivity index (χ3n) is 3.34. The van der Waals surface area contributed by atoms with Gasteiger partial charge >= 0.3 is 0 Å². The summed E-state index contributed by atoms with van der Waals surface area (Å²) in [5, 5.41) is 6.49. The van der Waals surface area contributed by atoms with Crippen LogP contribution in [-0.2, 0) is 6.54 Å². The topological polar surface area (TPSA) is 66.9 Å². The third-order valence-corrected chi connectivity index (χ3v) is 3.67. The Hall–Kier alpha value is -2.92. The standard InChI is InChI=1S/C18H15ClN4O/c19-16-5-1-2-6-17(16)23-18(24)14-8-15(12-21-11-14)22-10-13-4-3-7-20-9-13/h1-9,11-12,22H,10H2,(H,23,24). The van der Waals surface area contributed by atoms with Crippen molar-refractivity contribution in [3.05, 3.63) is 83.4 Å². The van der Waals surface area contributed by atoms with Crippen LogP contribution in [0.15, 0.2) is 67.3 Å². The molecule has 0 fully saturated rings. The van der Waals surface area contributed by atoms with E-state index in [1.54, 1.807) is 36.8 Å². The van der Waals surface area contributed by atoms with Crippen molar-refractivity contribution in [3.8, 4) is 0 Å². The predicted molar refractivity (Wildman–Crippen MR) is 95.2 cm³/mol. The molecule has 2 aromatic heterocycles. The van der Waals surface area contributed by atoms with Gasteiger partial charge in [0.1, 0.15) is 0 Å². The van der Waals surface area contributed by atoms with Gasteiger partial charge in [0.25, 0.3) is 5.91 Å². The molecule has 0 aliphatic carbocycles. The smallest absolute Gasteiger partial charge is 0.257 e. The Labute approximate surface area is 144 Å². The first-order valence-corrected chi connectivity index (χ1v) is 7.74. The van der Waals surface area contributed by atoms with Crippen LogP contribution in [0.25, 0.3) is 0 Å². The summed E-state index contributed by atoms with van der Waals surface area (Å²) in [6.07, 6.45) is 6.70. The molecule has 1 amide bonds. The fourth-order valence-electron chi connectivity index (χ4n) is 2.12. The minimum absolute atomic E-state index is 0.263. The maximum Gasteiger partial charge on any atom is 0.257 e. The highest BCUT2D eigenvalue weighted by molar-refractivity contribution is 6.33. The Morgan fingerprint density at radius 1 is 1.04 bits per heavy atom. The summed E-state index contributed by atoms with van der Waals surface area (Å²) in [7, 11) is 0. The van der Waals surface area contributed by atoms with Crippen molar-refractivity contribution in [2.75, 3.05) is 10.6 Å². The van der Waals surface area contributed by atoms with Gasteiger partial charge in [0, 0.05) is 31.3 Å². The minimum atomic E-state index is -0.263.